The Labute approximate surface area is 142 Å². The first kappa shape index (κ1) is 16.5. The average Bonchev–Trinajstić information content (AvgIpc) is 2.96. The molecule has 0 saturated carbocycles. The average molecular weight is 348 g/mol. The SMILES string of the molecule is CCCc1cc(=O)[nH]c2nnc(SCc3cc(F)ccc3OC)n12. The van der Waals surface area contributed by atoms with Crippen molar-refractivity contribution in [2.24, 2.45) is 0 Å². The van der Waals surface area contributed by atoms with Crippen molar-refractivity contribution in [3.05, 3.63) is 51.7 Å². The molecule has 126 valence electrons. The fourth-order valence-corrected chi connectivity index (χ4v) is 3.45. The van der Waals surface area contributed by atoms with Gasteiger partial charge in [0.2, 0.25) is 5.78 Å². The summed E-state index contributed by atoms with van der Waals surface area (Å²) < 4.78 is 20.6. The summed E-state index contributed by atoms with van der Waals surface area (Å²) in [5, 5.41) is 8.82. The highest BCUT2D eigenvalue weighted by molar-refractivity contribution is 7.98. The number of aromatic nitrogens is 4. The van der Waals surface area contributed by atoms with E-state index in [0.717, 1.165) is 24.1 Å². The highest BCUT2D eigenvalue weighted by Gasteiger charge is 2.13. The van der Waals surface area contributed by atoms with Crippen molar-refractivity contribution < 1.29 is 9.13 Å². The number of nitrogens with one attached hydrogen (secondary N) is 1. The topological polar surface area (TPSA) is 72.3 Å². The maximum Gasteiger partial charge on any atom is 0.252 e. The molecule has 0 spiro atoms. The molecule has 0 saturated heterocycles. The molecule has 0 amide bonds. The molecular weight excluding hydrogens is 331 g/mol. The number of hydrogen-bond acceptors (Lipinski definition) is 5. The number of nitrogens with zero attached hydrogens (tertiary/aromatic N) is 3. The molecule has 1 N–H and O–H groups in total. The minimum Gasteiger partial charge on any atom is -0.496 e. The van der Waals surface area contributed by atoms with Crippen LogP contribution in [-0.4, -0.2) is 26.7 Å². The first-order valence-corrected chi connectivity index (χ1v) is 8.53. The quantitative estimate of drug-likeness (QED) is 0.694. The Bertz CT molecular complexity index is 922. The summed E-state index contributed by atoms with van der Waals surface area (Å²) in [5.74, 6) is 1.21. The number of methoxy groups -OCH3 is 1. The second-order valence-electron chi connectivity index (χ2n) is 5.26. The Balaban J connectivity index is 1.94. The van der Waals surface area contributed by atoms with Gasteiger partial charge in [-0.1, -0.05) is 25.1 Å². The monoisotopic (exact) mass is 348 g/mol. The first-order valence-electron chi connectivity index (χ1n) is 7.55. The van der Waals surface area contributed by atoms with E-state index in [4.69, 9.17) is 4.74 Å². The second kappa shape index (κ2) is 7.04. The molecule has 3 aromatic rings. The summed E-state index contributed by atoms with van der Waals surface area (Å²) >= 11 is 1.41. The lowest BCUT2D eigenvalue weighted by molar-refractivity contribution is 0.410. The van der Waals surface area contributed by atoms with Crippen LogP contribution in [0.25, 0.3) is 5.78 Å². The fraction of sp³-hybridized carbons (Fsp3) is 0.312. The van der Waals surface area contributed by atoms with Gasteiger partial charge in [-0.3, -0.25) is 14.2 Å². The molecule has 0 radical (unpaired) electrons. The van der Waals surface area contributed by atoms with Crippen LogP contribution in [0.4, 0.5) is 4.39 Å². The predicted molar refractivity (Wildman–Crippen MR) is 90.1 cm³/mol. The first-order chi connectivity index (χ1) is 11.6. The van der Waals surface area contributed by atoms with Gasteiger partial charge in [0.25, 0.3) is 5.56 Å². The van der Waals surface area contributed by atoms with Crippen LogP contribution in [0, 0.1) is 5.82 Å². The standard InChI is InChI=1S/C16H17FN4O2S/c1-3-4-12-8-14(22)18-15-19-20-16(21(12)15)24-9-10-7-11(17)5-6-13(10)23-2/h5-8H,3-4,9H2,1-2H3,(H,18,19,22). The van der Waals surface area contributed by atoms with Gasteiger partial charge in [0.05, 0.1) is 7.11 Å². The molecule has 8 heteroatoms. The van der Waals surface area contributed by atoms with Crippen LogP contribution >= 0.6 is 11.8 Å². The summed E-state index contributed by atoms with van der Waals surface area (Å²) in [6, 6.07) is 5.98. The van der Waals surface area contributed by atoms with Crippen molar-refractivity contribution in [3.63, 3.8) is 0 Å². The predicted octanol–water partition coefficient (Wildman–Crippen LogP) is 2.81. The Kier molecular flexibility index (Phi) is 4.84. The number of aromatic amines is 1. The number of benzene rings is 1. The number of fused-ring (bicyclic) bond motifs is 1. The van der Waals surface area contributed by atoms with Gasteiger partial charge in [0, 0.05) is 23.1 Å². The molecule has 2 aromatic heterocycles. The molecule has 0 aliphatic heterocycles. The molecule has 0 atom stereocenters. The van der Waals surface area contributed by atoms with Crippen molar-refractivity contribution in [2.75, 3.05) is 7.11 Å². The molecule has 0 bridgehead atoms. The van der Waals surface area contributed by atoms with Gasteiger partial charge in [-0.2, -0.15) is 0 Å². The smallest absolute Gasteiger partial charge is 0.252 e. The van der Waals surface area contributed by atoms with E-state index in [2.05, 4.69) is 15.2 Å². The normalized spacial score (nSPS) is 11.1. The van der Waals surface area contributed by atoms with Gasteiger partial charge in [-0.25, -0.2) is 4.39 Å². The third-order valence-electron chi connectivity index (χ3n) is 3.56. The van der Waals surface area contributed by atoms with Gasteiger partial charge >= 0.3 is 0 Å². The number of rotatable bonds is 6. The third-order valence-corrected chi connectivity index (χ3v) is 4.54. The van der Waals surface area contributed by atoms with Crippen LogP contribution in [0.15, 0.2) is 34.2 Å². The molecule has 24 heavy (non-hydrogen) atoms. The van der Waals surface area contributed by atoms with E-state index in [1.807, 2.05) is 11.3 Å². The van der Waals surface area contributed by atoms with E-state index >= 15 is 0 Å². The Morgan fingerprint density at radius 1 is 1.33 bits per heavy atom. The van der Waals surface area contributed by atoms with Gasteiger partial charge in [0.1, 0.15) is 11.6 Å². The van der Waals surface area contributed by atoms with Gasteiger partial charge < -0.3 is 4.74 Å². The Hall–Kier alpha value is -2.35. The van der Waals surface area contributed by atoms with Crippen molar-refractivity contribution in [1.82, 2.24) is 19.6 Å². The van der Waals surface area contributed by atoms with E-state index in [0.29, 0.717) is 22.4 Å². The van der Waals surface area contributed by atoms with Crippen molar-refractivity contribution in [2.45, 2.75) is 30.7 Å². The summed E-state index contributed by atoms with van der Waals surface area (Å²) in [4.78, 5) is 14.4. The number of ether oxygens (including phenoxy) is 1. The Morgan fingerprint density at radius 2 is 2.17 bits per heavy atom. The van der Waals surface area contributed by atoms with Crippen molar-refractivity contribution in [1.29, 1.82) is 0 Å². The zero-order chi connectivity index (χ0) is 17.1. The zero-order valence-electron chi connectivity index (χ0n) is 13.4. The van der Waals surface area contributed by atoms with E-state index in [9.17, 15) is 9.18 Å². The minimum absolute atomic E-state index is 0.193. The lowest BCUT2D eigenvalue weighted by Gasteiger charge is -2.09. The van der Waals surface area contributed by atoms with E-state index in [-0.39, 0.29) is 11.4 Å². The molecule has 6 nitrogen and oxygen atoms in total. The fourth-order valence-electron chi connectivity index (χ4n) is 2.51. The third kappa shape index (κ3) is 3.28. The number of halogens is 1. The van der Waals surface area contributed by atoms with Gasteiger partial charge in [0.15, 0.2) is 5.16 Å². The molecular formula is C16H17FN4O2S. The van der Waals surface area contributed by atoms with Crippen molar-refractivity contribution in [3.8, 4) is 5.75 Å². The van der Waals surface area contributed by atoms with E-state index in [1.165, 1.54) is 23.9 Å². The highest BCUT2D eigenvalue weighted by atomic mass is 32.2. The molecule has 0 aliphatic carbocycles. The van der Waals surface area contributed by atoms with E-state index in [1.54, 1.807) is 19.2 Å². The second-order valence-corrected chi connectivity index (χ2v) is 6.20. The maximum absolute atomic E-state index is 13.5. The summed E-state index contributed by atoms with van der Waals surface area (Å²) in [7, 11) is 1.55. The van der Waals surface area contributed by atoms with Crippen LogP contribution in [-0.2, 0) is 12.2 Å². The molecule has 0 fully saturated rings. The maximum atomic E-state index is 13.5. The lowest BCUT2D eigenvalue weighted by atomic mass is 10.2. The largest absolute Gasteiger partial charge is 0.496 e. The number of H-pyrrole nitrogens is 1. The number of aryl methyl sites for hydroxylation is 1. The summed E-state index contributed by atoms with van der Waals surface area (Å²) in [6.07, 6.45) is 1.65. The van der Waals surface area contributed by atoms with Gasteiger partial charge in [-0.05, 0) is 24.6 Å². The molecule has 3 rings (SSSR count). The lowest BCUT2D eigenvalue weighted by Crippen LogP contribution is -2.11. The van der Waals surface area contributed by atoms with Crippen LogP contribution in [0.2, 0.25) is 0 Å². The van der Waals surface area contributed by atoms with Crippen molar-refractivity contribution >= 4 is 17.5 Å². The molecule has 0 aliphatic rings. The van der Waals surface area contributed by atoms with Crippen LogP contribution in [0.3, 0.4) is 0 Å². The molecule has 0 unspecified atom stereocenters. The van der Waals surface area contributed by atoms with Gasteiger partial charge in [-0.15, -0.1) is 10.2 Å². The summed E-state index contributed by atoms with van der Waals surface area (Å²) in [5.41, 5.74) is 1.40. The number of hydrogen-bond donors (Lipinski definition) is 1. The van der Waals surface area contributed by atoms with E-state index < -0.39 is 0 Å². The molecule has 2 heterocycles. The zero-order valence-corrected chi connectivity index (χ0v) is 14.2. The minimum atomic E-state index is -0.312. The van der Waals surface area contributed by atoms with Crippen LogP contribution < -0.4 is 10.3 Å². The van der Waals surface area contributed by atoms with Crippen LogP contribution in [0.5, 0.6) is 5.75 Å². The summed E-state index contributed by atoms with van der Waals surface area (Å²) in [6.45, 7) is 2.04. The van der Waals surface area contributed by atoms with Crippen LogP contribution in [0.1, 0.15) is 24.6 Å². The molecule has 1 aromatic carbocycles. The Morgan fingerprint density at radius 3 is 2.92 bits per heavy atom. The number of thioether (sulfide) groups is 1. The highest BCUT2D eigenvalue weighted by Crippen LogP contribution is 2.28.